The second kappa shape index (κ2) is 8.58. The summed E-state index contributed by atoms with van der Waals surface area (Å²) in [7, 11) is 0. The summed E-state index contributed by atoms with van der Waals surface area (Å²) in [5, 5.41) is 32.5. The average molecular weight is 413 g/mol. The maximum absolute atomic E-state index is 11.4. The molecule has 0 bridgehead atoms. The molecule has 8 atom stereocenters. The molecule has 0 aromatic heterocycles. The van der Waals surface area contributed by atoms with E-state index < -0.39 is 5.97 Å². The van der Waals surface area contributed by atoms with Crippen molar-refractivity contribution in [1.29, 1.82) is 0 Å². The molecule has 0 saturated heterocycles. The molecule has 4 aliphatic rings. The number of hydrogen-bond acceptors (Lipinski definition) is 4. The zero-order valence-corrected chi connectivity index (χ0v) is 20.7. The number of carbonyl (C=O) groups is 1. The van der Waals surface area contributed by atoms with E-state index in [-0.39, 0.29) is 64.9 Å². The van der Waals surface area contributed by atoms with Crippen LogP contribution in [0.15, 0.2) is 11.1 Å². The van der Waals surface area contributed by atoms with Crippen molar-refractivity contribution in [1.82, 2.24) is 0 Å². The zero-order valence-electron chi connectivity index (χ0n) is 18.7. The third-order valence-electron chi connectivity index (χ3n) is 9.64. The zero-order chi connectivity index (χ0) is 20.3. The number of aliphatic hydroxyl groups is 2. The van der Waals surface area contributed by atoms with Crippen LogP contribution in [-0.4, -0.2) is 28.4 Å². The van der Waals surface area contributed by atoms with Gasteiger partial charge in [0.05, 0.1) is 12.2 Å². The smallest absolute Gasteiger partial charge is 0.550 e. The van der Waals surface area contributed by atoms with Gasteiger partial charge in [-0.25, -0.2) is 0 Å². The molecule has 2 N–H and O–H groups in total. The first-order valence-corrected chi connectivity index (χ1v) is 11.5. The number of carboxylic acids is 1. The van der Waals surface area contributed by atoms with Crippen LogP contribution in [0.1, 0.15) is 85.0 Å². The normalized spacial score (nSPS) is 44.9. The van der Waals surface area contributed by atoms with Crippen molar-refractivity contribution >= 4 is 5.97 Å². The molecule has 4 rings (SSSR count). The molecule has 1 unspecified atom stereocenters. The van der Waals surface area contributed by atoms with Crippen molar-refractivity contribution in [3.63, 3.8) is 0 Å². The van der Waals surface area contributed by atoms with Crippen molar-refractivity contribution in [2.75, 3.05) is 0 Å². The summed E-state index contributed by atoms with van der Waals surface area (Å²) in [5.41, 5.74) is 3.14. The van der Waals surface area contributed by atoms with Crippen LogP contribution in [0.5, 0.6) is 0 Å². The number of allylic oxidation sites excluding steroid dienone is 1. The Morgan fingerprint density at radius 3 is 2.59 bits per heavy atom. The summed E-state index contributed by atoms with van der Waals surface area (Å²) in [4.78, 5) is 10.9. The van der Waals surface area contributed by atoms with Gasteiger partial charge < -0.3 is 20.1 Å². The number of carbonyl (C=O) groups excluding carboxylic acids is 1. The van der Waals surface area contributed by atoms with Gasteiger partial charge in [0, 0.05) is 11.4 Å². The minimum atomic E-state index is -0.969. The molecule has 4 nitrogen and oxygen atoms in total. The largest absolute Gasteiger partial charge is 1.00 e. The van der Waals surface area contributed by atoms with Crippen molar-refractivity contribution < 1.29 is 49.7 Å². The fraction of sp³-hybridized carbons (Fsp3) is 0.875. The van der Waals surface area contributed by atoms with Gasteiger partial charge in [0.25, 0.3) is 0 Å². The second-order valence-corrected chi connectivity index (χ2v) is 10.8. The monoisotopic (exact) mass is 412 g/mol. The molecule has 0 radical (unpaired) electrons. The molecular formula is C24H37NaO4. The number of aliphatic hydroxyl groups excluding tert-OH is 2. The minimum Gasteiger partial charge on any atom is -0.550 e. The molecule has 158 valence electrons. The van der Waals surface area contributed by atoms with E-state index in [1.807, 2.05) is 0 Å². The molecule has 5 heteroatoms. The van der Waals surface area contributed by atoms with Crippen molar-refractivity contribution in [3.8, 4) is 0 Å². The summed E-state index contributed by atoms with van der Waals surface area (Å²) >= 11 is 0. The third-order valence-corrected chi connectivity index (χ3v) is 9.64. The summed E-state index contributed by atoms with van der Waals surface area (Å²) in [6, 6.07) is 0. The Labute approximate surface area is 197 Å². The van der Waals surface area contributed by atoms with Gasteiger partial charge in [0.2, 0.25) is 0 Å². The van der Waals surface area contributed by atoms with Crippen molar-refractivity contribution in [2.24, 2.45) is 34.5 Å². The maximum Gasteiger partial charge on any atom is 1.00 e. The Morgan fingerprint density at radius 1 is 1.17 bits per heavy atom. The topological polar surface area (TPSA) is 80.6 Å². The standard InChI is InChI=1S/C24H38O4.Na/c1-14(4-9-22(27)28)18-7-8-19-17-6-5-15-12-16(25)10-11-23(15,2)20(17)13-21(26)24(18,19)3;/h14-16,18,20-21,25-26H,4-13H2,1-3H3,(H,27,28);/q;+1/p-1/t14-,15-,16-,18-,20?,21+,23+,24-;/m1./s1. The molecule has 0 amide bonds. The van der Waals surface area contributed by atoms with Crippen LogP contribution in [-0.2, 0) is 4.79 Å². The number of carboxylic acid groups (broad SMARTS) is 1. The van der Waals surface area contributed by atoms with E-state index in [0.717, 1.165) is 44.9 Å². The molecule has 29 heavy (non-hydrogen) atoms. The molecule has 3 fully saturated rings. The molecule has 0 aromatic carbocycles. The molecule has 0 aromatic rings. The van der Waals surface area contributed by atoms with Crippen LogP contribution >= 0.6 is 0 Å². The van der Waals surface area contributed by atoms with Crippen LogP contribution in [0.3, 0.4) is 0 Å². The van der Waals surface area contributed by atoms with E-state index in [2.05, 4.69) is 20.8 Å². The summed E-state index contributed by atoms with van der Waals surface area (Å²) in [5.74, 6) is 0.687. The van der Waals surface area contributed by atoms with Crippen LogP contribution in [0, 0.1) is 34.5 Å². The number of fused-ring (bicyclic) bond motifs is 4. The van der Waals surface area contributed by atoms with Gasteiger partial charge in [-0.2, -0.15) is 0 Å². The van der Waals surface area contributed by atoms with Gasteiger partial charge in [-0.15, -0.1) is 0 Å². The predicted octanol–water partition coefficient (Wildman–Crippen LogP) is 0.211. The van der Waals surface area contributed by atoms with Crippen molar-refractivity contribution in [2.45, 2.75) is 97.2 Å². The van der Waals surface area contributed by atoms with Gasteiger partial charge in [-0.05, 0) is 93.3 Å². The molecule has 0 heterocycles. The first-order chi connectivity index (χ1) is 13.2. The van der Waals surface area contributed by atoms with Crippen LogP contribution in [0.2, 0.25) is 0 Å². The van der Waals surface area contributed by atoms with Gasteiger partial charge in [0.1, 0.15) is 0 Å². The number of rotatable bonds is 4. The number of aliphatic carboxylic acids is 1. The van der Waals surface area contributed by atoms with Gasteiger partial charge in [0.15, 0.2) is 0 Å². The molecule has 4 aliphatic carbocycles. The van der Waals surface area contributed by atoms with Gasteiger partial charge in [-0.1, -0.05) is 31.9 Å². The Balaban J connectivity index is 0.00000240. The Hall–Kier alpha value is 0.130. The van der Waals surface area contributed by atoms with Crippen molar-refractivity contribution in [3.05, 3.63) is 11.1 Å². The number of hydrogen-bond donors (Lipinski definition) is 2. The van der Waals surface area contributed by atoms with Gasteiger partial charge in [-0.3, -0.25) is 0 Å². The summed E-state index contributed by atoms with van der Waals surface area (Å²) in [6.45, 7) is 6.83. The predicted molar refractivity (Wildman–Crippen MR) is 106 cm³/mol. The summed E-state index contributed by atoms with van der Waals surface area (Å²) in [6.07, 6.45) is 8.37. The third kappa shape index (κ3) is 3.80. The Bertz CT molecular complexity index is 676. The van der Waals surface area contributed by atoms with Crippen LogP contribution in [0.4, 0.5) is 0 Å². The van der Waals surface area contributed by atoms with E-state index in [9.17, 15) is 20.1 Å². The van der Waals surface area contributed by atoms with E-state index in [1.165, 1.54) is 12.0 Å². The maximum atomic E-state index is 11.4. The molecular weight excluding hydrogens is 375 g/mol. The minimum absolute atomic E-state index is 0. The fourth-order valence-electron chi connectivity index (χ4n) is 7.92. The molecule has 0 aliphatic heterocycles. The first kappa shape index (κ1) is 23.8. The van der Waals surface area contributed by atoms with E-state index in [0.29, 0.717) is 24.2 Å². The van der Waals surface area contributed by atoms with E-state index >= 15 is 0 Å². The Morgan fingerprint density at radius 2 is 1.90 bits per heavy atom. The summed E-state index contributed by atoms with van der Waals surface area (Å²) < 4.78 is 0. The van der Waals surface area contributed by atoms with Crippen LogP contribution in [0.25, 0.3) is 0 Å². The SMILES string of the molecule is C[C@H](CCC(=O)[O-])[C@H]1CCC2=C3CC[C@@H]4C[C@H](O)CC[C@]4(C)C3C[C@H](O)[C@@]21C.[Na+]. The molecule has 0 spiro atoms. The average Bonchev–Trinajstić information content (AvgIpc) is 3.00. The second-order valence-electron chi connectivity index (χ2n) is 10.8. The van der Waals surface area contributed by atoms with Crippen LogP contribution < -0.4 is 34.7 Å². The molecule has 3 saturated carbocycles. The van der Waals surface area contributed by atoms with Gasteiger partial charge >= 0.3 is 29.6 Å². The van der Waals surface area contributed by atoms with E-state index in [1.54, 1.807) is 5.57 Å². The fourth-order valence-corrected chi connectivity index (χ4v) is 7.92. The van der Waals surface area contributed by atoms with E-state index in [4.69, 9.17) is 0 Å². The Kier molecular flexibility index (Phi) is 7.04. The first-order valence-electron chi connectivity index (χ1n) is 11.5. The quantitative estimate of drug-likeness (QED) is 0.511.